The predicted octanol–water partition coefficient (Wildman–Crippen LogP) is 4.05. The van der Waals surface area contributed by atoms with Gasteiger partial charge in [0.1, 0.15) is 5.60 Å². The molecule has 150 valence electrons. The molecule has 6 nitrogen and oxygen atoms in total. The van der Waals surface area contributed by atoms with Gasteiger partial charge in [-0.15, -0.1) is 0 Å². The molecule has 0 spiro atoms. The fraction of sp³-hybridized carbons (Fsp3) is 0.600. The monoisotopic (exact) mass is 395 g/mol. The molecule has 1 fully saturated rings. The number of nitrogens with one attached hydrogen (secondary N) is 2. The lowest BCUT2D eigenvalue weighted by molar-refractivity contribution is -0.116. The molecule has 1 aliphatic rings. The first kappa shape index (κ1) is 21.5. The van der Waals surface area contributed by atoms with Crippen molar-refractivity contribution in [3.8, 4) is 0 Å². The topological polar surface area (TPSA) is 70.7 Å². The number of amides is 2. The molecular formula is C20H30ClN3O3. The highest BCUT2D eigenvalue weighted by Crippen LogP contribution is 2.18. The Hall–Kier alpha value is -1.79. The fourth-order valence-corrected chi connectivity index (χ4v) is 3.33. The highest BCUT2D eigenvalue weighted by Gasteiger charge is 2.24. The number of carbonyl (C=O) groups is 2. The van der Waals surface area contributed by atoms with Gasteiger partial charge in [-0.2, -0.15) is 0 Å². The quantitative estimate of drug-likeness (QED) is 0.762. The molecule has 1 unspecified atom stereocenters. The summed E-state index contributed by atoms with van der Waals surface area (Å²) in [6, 6.07) is 7.35. The second kappa shape index (κ2) is 9.95. The summed E-state index contributed by atoms with van der Waals surface area (Å²) in [7, 11) is 0. The maximum atomic E-state index is 12.2. The summed E-state index contributed by atoms with van der Waals surface area (Å²) in [5.41, 5.74) is 0.198. The molecule has 2 rings (SSSR count). The van der Waals surface area contributed by atoms with Crippen molar-refractivity contribution >= 4 is 29.3 Å². The van der Waals surface area contributed by atoms with Crippen LogP contribution in [-0.2, 0) is 9.53 Å². The van der Waals surface area contributed by atoms with Crippen molar-refractivity contribution in [2.45, 2.75) is 58.1 Å². The Balaban J connectivity index is 1.79. The lowest BCUT2D eigenvalue weighted by atomic mass is 10.0. The maximum Gasteiger partial charge on any atom is 0.407 e. The predicted molar refractivity (Wildman–Crippen MR) is 108 cm³/mol. The number of anilines is 1. The van der Waals surface area contributed by atoms with E-state index in [0.29, 0.717) is 30.2 Å². The van der Waals surface area contributed by atoms with Crippen molar-refractivity contribution in [1.82, 2.24) is 10.2 Å². The molecule has 0 bridgehead atoms. The van der Waals surface area contributed by atoms with Gasteiger partial charge in [-0.1, -0.05) is 24.1 Å². The molecule has 1 heterocycles. The van der Waals surface area contributed by atoms with Gasteiger partial charge in [-0.25, -0.2) is 4.79 Å². The third-order valence-electron chi connectivity index (χ3n) is 4.36. The van der Waals surface area contributed by atoms with Crippen LogP contribution in [-0.4, -0.2) is 48.2 Å². The average molecular weight is 396 g/mol. The van der Waals surface area contributed by atoms with Crippen molar-refractivity contribution < 1.29 is 14.3 Å². The van der Waals surface area contributed by atoms with Gasteiger partial charge >= 0.3 is 6.09 Å². The number of nitrogens with zero attached hydrogens (tertiary/aromatic N) is 1. The Morgan fingerprint density at radius 2 is 2.07 bits per heavy atom. The summed E-state index contributed by atoms with van der Waals surface area (Å²) in [5, 5.41) is 6.32. The highest BCUT2D eigenvalue weighted by atomic mass is 35.5. The van der Waals surface area contributed by atoms with Gasteiger partial charge in [-0.05, 0) is 58.4 Å². The van der Waals surface area contributed by atoms with Crippen LogP contribution in [0.2, 0.25) is 5.02 Å². The van der Waals surface area contributed by atoms with E-state index in [1.807, 2.05) is 26.8 Å². The largest absolute Gasteiger partial charge is 0.444 e. The maximum absolute atomic E-state index is 12.2. The Morgan fingerprint density at radius 3 is 2.78 bits per heavy atom. The smallest absolute Gasteiger partial charge is 0.407 e. The first-order valence-electron chi connectivity index (χ1n) is 9.49. The minimum absolute atomic E-state index is 0.0401. The van der Waals surface area contributed by atoms with Gasteiger partial charge in [0.15, 0.2) is 0 Å². The molecule has 1 aliphatic heterocycles. The lowest BCUT2D eigenvalue weighted by Crippen LogP contribution is -2.48. The summed E-state index contributed by atoms with van der Waals surface area (Å²) in [6.07, 6.45) is 3.25. The first-order chi connectivity index (χ1) is 12.7. The third kappa shape index (κ3) is 8.18. The van der Waals surface area contributed by atoms with Crippen LogP contribution in [0.15, 0.2) is 24.3 Å². The molecule has 1 aromatic carbocycles. The van der Waals surface area contributed by atoms with E-state index >= 15 is 0 Å². The van der Waals surface area contributed by atoms with E-state index in [-0.39, 0.29) is 11.9 Å². The minimum Gasteiger partial charge on any atom is -0.444 e. The van der Waals surface area contributed by atoms with Crippen LogP contribution >= 0.6 is 11.6 Å². The summed E-state index contributed by atoms with van der Waals surface area (Å²) in [6.45, 7) is 7.66. The van der Waals surface area contributed by atoms with E-state index in [2.05, 4.69) is 15.5 Å². The SMILES string of the molecule is CC(C)(C)OC(=O)NCC1CCCCN1CCC(=O)Nc1cccc(Cl)c1. The molecule has 0 aromatic heterocycles. The lowest BCUT2D eigenvalue weighted by Gasteiger charge is -2.35. The number of benzene rings is 1. The second-order valence-corrected chi connectivity index (χ2v) is 8.31. The molecule has 0 aliphatic carbocycles. The van der Waals surface area contributed by atoms with E-state index in [4.69, 9.17) is 16.3 Å². The Kier molecular flexibility index (Phi) is 7.92. The fourth-order valence-electron chi connectivity index (χ4n) is 3.14. The van der Waals surface area contributed by atoms with Gasteiger partial charge in [0.25, 0.3) is 0 Å². The van der Waals surface area contributed by atoms with E-state index in [9.17, 15) is 9.59 Å². The molecule has 1 aromatic rings. The highest BCUT2D eigenvalue weighted by molar-refractivity contribution is 6.30. The van der Waals surface area contributed by atoms with Gasteiger partial charge in [-0.3, -0.25) is 9.69 Å². The van der Waals surface area contributed by atoms with Gasteiger partial charge in [0.2, 0.25) is 5.91 Å². The molecule has 27 heavy (non-hydrogen) atoms. The molecule has 2 amide bonds. The van der Waals surface area contributed by atoms with E-state index in [0.717, 1.165) is 25.8 Å². The molecule has 7 heteroatoms. The van der Waals surface area contributed by atoms with Gasteiger partial charge in [0.05, 0.1) is 0 Å². The average Bonchev–Trinajstić information content (AvgIpc) is 2.57. The number of likely N-dealkylation sites (tertiary alicyclic amines) is 1. The van der Waals surface area contributed by atoms with Crippen LogP contribution < -0.4 is 10.6 Å². The van der Waals surface area contributed by atoms with Crippen LogP contribution in [0.1, 0.15) is 46.5 Å². The number of carbonyl (C=O) groups excluding carboxylic acids is 2. The molecular weight excluding hydrogens is 366 g/mol. The zero-order valence-corrected chi connectivity index (χ0v) is 17.1. The summed E-state index contributed by atoms with van der Waals surface area (Å²) < 4.78 is 5.29. The Labute approximate surface area is 166 Å². The van der Waals surface area contributed by atoms with E-state index in [1.54, 1.807) is 18.2 Å². The number of hydrogen-bond donors (Lipinski definition) is 2. The Morgan fingerprint density at radius 1 is 1.30 bits per heavy atom. The number of piperidine rings is 1. The van der Waals surface area contributed by atoms with Crippen LogP contribution in [0.4, 0.5) is 10.5 Å². The number of rotatable bonds is 6. The van der Waals surface area contributed by atoms with Crippen LogP contribution in [0.3, 0.4) is 0 Å². The summed E-state index contributed by atoms with van der Waals surface area (Å²) in [4.78, 5) is 26.4. The number of alkyl carbamates (subject to hydrolysis) is 1. The minimum atomic E-state index is -0.505. The van der Waals surface area contributed by atoms with Crippen molar-refractivity contribution in [3.05, 3.63) is 29.3 Å². The Bertz CT molecular complexity index is 646. The van der Waals surface area contributed by atoms with E-state index in [1.165, 1.54) is 0 Å². The van der Waals surface area contributed by atoms with Crippen LogP contribution in [0.25, 0.3) is 0 Å². The van der Waals surface area contributed by atoms with Crippen molar-refractivity contribution in [1.29, 1.82) is 0 Å². The first-order valence-corrected chi connectivity index (χ1v) is 9.87. The zero-order valence-electron chi connectivity index (χ0n) is 16.4. The van der Waals surface area contributed by atoms with Crippen LogP contribution in [0.5, 0.6) is 0 Å². The standard InChI is InChI=1S/C20H30ClN3O3/c1-20(2,3)27-19(26)22-14-17-9-4-5-11-24(17)12-10-18(25)23-16-8-6-7-15(21)13-16/h6-8,13,17H,4-5,9-12,14H2,1-3H3,(H,22,26)(H,23,25). The number of hydrogen-bond acceptors (Lipinski definition) is 4. The third-order valence-corrected chi connectivity index (χ3v) is 4.60. The zero-order chi connectivity index (χ0) is 19.9. The van der Waals surface area contributed by atoms with Gasteiger partial charge in [0, 0.05) is 36.3 Å². The molecule has 0 radical (unpaired) electrons. The summed E-state index contributed by atoms with van der Waals surface area (Å²) >= 11 is 5.94. The van der Waals surface area contributed by atoms with Gasteiger partial charge < -0.3 is 15.4 Å². The number of halogens is 1. The van der Waals surface area contributed by atoms with Crippen molar-refractivity contribution in [3.63, 3.8) is 0 Å². The summed E-state index contributed by atoms with van der Waals surface area (Å²) in [5.74, 6) is -0.0401. The van der Waals surface area contributed by atoms with Crippen molar-refractivity contribution in [2.24, 2.45) is 0 Å². The molecule has 0 saturated carbocycles. The molecule has 1 atom stereocenters. The second-order valence-electron chi connectivity index (χ2n) is 7.88. The molecule has 2 N–H and O–H groups in total. The number of ether oxygens (including phenoxy) is 1. The van der Waals surface area contributed by atoms with Crippen LogP contribution in [0, 0.1) is 0 Å². The normalized spacial score (nSPS) is 18.0. The van der Waals surface area contributed by atoms with E-state index < -0.39 is 11.7 Å². The van der Waals surface area contributed by atoms with Crippen molar-refractivity contribution in [2.75, 3.05) is 25.0 Å². The molecule has 1 saturated heterocycles.